The van der Waals surface area contributed by atoms with Gasteiger partial charge in [-0.1, -0.05) is 44.2 Å². The van der Waals surface area contributed by atoms with Gasteiger partial charge in [0.25, 0.3) is 5.91 Å². The number of hydrogen-bond acceptors (Lipinski definition) is 6. The monoisotopic (exact) mass is 453 g/mol. The Morgan fingerprint density at radius 1 is 1.21 bits per heavy atom. The summed E-state index contributed by atoms with van der Waals surface area (Å²) in [6, 6.07) is 9.62. The summed E-state index contributed by atoms with van der Waals surface area (Å²) in [5.41, 5.74) is -0.381. The van der Waals surface area contributed by atoms with Crippen molar-refractivity contribution in [3.63, 3.8) is 0 Å². The predicted octanol–water partition coefficient (Wildman–Crippen LogP) is 2.28. The quantitative estimate of drug-likeness (QED) is 0.699. The van der Waals surface area contributed by atoms with Crippen molar-refractivity contribution in [3.8, 4) is 5.75 Å². The van der Waals surface area contributed by atoms with Gasteiger partial charge in [-0.2, -0.15) is 0 Å². The van der Waals surface area contributed by atoms with Crippen LogP contribution in [-0.4, -0.2) is 63.3 Å². The Morgan fingerprint density at radius 2 is 1.94 bits per heavy atom. The van der Waals surface area contributed by atoms with Crippen LogP contribution >= 0.6 is 0 Å². The highest BCUT2D eigenvalue weighted by molar-refractivity contribution is 6.00. The Kier molecular flexibility index (Phi) is 6.41. The Labute approximate surface area is 193 Å². The normalized spacial score (nSPS) is 23.3. The lowest BCUT2D eigenvalue weighted by Gasteiger charge is -2.36. The van der Waals surface area contributed by atoms with Crippen molar-refractivity contribution in [2.45, 2.75) is 58.0 Å². The third kappa shape index (κ3) is 3.87. The fourth-order valence-corrected chi connectivity index (χ4v) is 5.17. The highest BCUT2D eigenvalue weighted by Crippen LogP contribution is 2.40. The SMILES string of the molecule is CC.COc1c2n(cc(C(=O)CCc3ccccc3)c1=O)C[C@H]1N(C[C@]3(O)CCCN13)C2=O. The zero-order valence-electron chi connectivity index (χ0n) is 19.4. The van der Waals surface area contributed by atoms with Crippen LogP contribution in [0.3, 0.4) is 0 Å². The van der Waals surface area contributed by atoms with Gasteiger partial charge in [0, 0.05) is 19.2 Å². The van der Waals surface area contributed by atoms with Crippen molar-refractivity contribution in [1.29, 1.82) is 0 Å². The molecular weight excluding hydrogens is 422 g/mol. The second-order valence-corrected chi connectivity index (χ2v) is 8.51. The second-order valence-electron chi connectivity index (χ2n) is 8.51. The number of aliphatic hydroxyl groups is 1. The third-order valence-corrected chi connectivity index (χ3v) is 6.70. The van der Waals surface area contributed by atoms with E-state index in [1.165, 1.54) is 13.3 Å². The van der Waals surface area contributed by atoms with Gasteiger partial charge in [0.15, 0.2) is 17.2 Å². The number of ether oxygens (including phenoxy) is 1. The number of carbonyl (C=O) groups is 2. The van der Waals surface area contributed by atoms with Crippen LogP contribution in [0.1, 0.15) is 59.5 Å². The van der Waals surface area contributed by atoms with E-state index in [0.29, 0.717) is 25.9 Å². The summed E-state index contributed by atoms with van der Waals surface area (Å²) in [6.45, 7) is 5.30. The van der Waals surface area contributed by atoms with E-state index in [9.17, 15) is 19.5 Å². The van der Waals surface area contributed by atoms with Gasteiger partial charge in [-0.25, -0.2) is 0 Å². The van der Waals surface area contributed by atoms with Crippen LogP contribution in [0.4, 0.5) is 0 Å². The molecule has 0 aliphatic carbocycles. The average molecular weight is 454 g/mol. The van der Waals surface area contributed by atoms with E-state index >= 15 is 0 Å². The molecule has 1 aromatic heterocycles. The Morgan fingerprint density at radius 3 is 2.64 bits per heavy atom. The zero-order chi connectivity index (χ0) is 23.8. The van der Waals surface area contributed by atoms with Gasteiger partial charge in [-0.05, 0) is 24.8 Å². The summed E-state index contributed by atoms with van der Waals surface area (Å²) < 4.78 is 6.98. The molecule has 0 unspecified atom stereocenters. The third-order valence-electron chi connectivity index (χ3n) is 6.70. The first-order valence-electron chi connectivity index (χ1n) is 11.6. The number of Topliss-reactive ketones (excluding diaryl/α,β-unsaturated/α-hetero) is 1. The number of methoxy groups -OCH3 is 1. The summed E-state index contributed by atoms with van der Waals surface area (Å²) >= 11 is 0. The molecule has 2 saturated heterocycles. The molecule has 0 spiro atoms. The number of pyridine rings is 1. The predicted molar refractivity (Wildman–Crippen MR) is 123 cm³/mol. The molecule has 2 atom stereocenters. The number of nitrogens with zero attached hydrogens (tertiary/aromatic N) is 3. The molecule has 0 saturated carbocycles. The first-order chi connectivity index (χ1) is 15.9. The molecule has 3 aliphatic heterocycles. The van der Waals surface area contributed by atoms with Crippen molar-refractivity contribution in [2.24, 2.45) is 0 Å². The number of carbonyl (C=O) groups excluding carboxylic acids is 2. The maximum absolute atomic E-state index is 13.3. The van der Waals surface area contributed by atoms with Crippen LogP contribution in [0.5, 0.6) is 5.75 Å². The number of rotatable bonds is 5. The van der Waals surface area contributed by atoms with Crippen LogP contribution in [0.25, 0.3) is 0 Å². The summed E-state index contributed by atoms with van der Waals surface area (Å²) in [5, 5.41) is 10.9. The minimum atomic E-state index is -1.02. The molecule has 8 nitrogen and oxygen atoms in total. The zero-order valence-corrected chi connectivity index (χ0v) is 19.4. The number of amides is 1. The minimum absolute atomic E-state index is 0.0347. The molecular formula is C25H31N3O5. The van der Waals surface area contributed by atoms with Crippen molar-refractivity contribution < 1.29 is 19.4 Å². The fourth-order valence-electron chi connectivity index (χ4n) is 5.17. The van der Waals surface area contributed by atoms with Crippen LogP contribution < -0.4 is 10.2 Å². The van der Waals surface area contributed by atoms with Gasteiger partial charge in [0.1, 0.15) is 11.9 Å². The van der Waals surface area contributed by atoms with Gasteiger partial charge in [0.2, 0.25) is 5.43 Å². The van der Waals surface area contributed by atoms with Gasteiger partial charge < -0.3 is 19.3 Å². The highest BCUT2D eigenvalue weighted by Gasteiger charge is 2.56. The van der Waals surface area contributed by atoms with Gasteiger partial charge in [0.05, 0.1) is 25.8 Å². The van der Waals surface area contributed by atoms with Gasteiger partial charge in [-0.3, -0.25) is 19.3 Å². The maximum atomic E-state index is 13.3. The van der Waals surface area contributed by atoms with E-state index in [4.69, 9.17) is 4.74 Å². The molecule has 1 amide bonds. The lowest BCUT2D eigenvalue weighted by molar-refractivity contribution is -0.0574. The Bertz CT molecular complexity index is 1110. The Balaban J connectivity index is 0.00000126. The molecule has 4 heterocycles. The summed E-state index contributed by atoms with van der Waals surface area (Å²) in [5.74, 6) is -0.731. The van der Waals surface area contributed by atoms with E-state index in [0.717, 1.165) is 12.0 Å². The van der Waals surface area contributed by atoms with E-state index in [1.807, 2.05) is 49.1 Å². The molecule has 5 rings (SSSR count). The number of hydrogen-bond donors (Lipinski definition) is 1. The number of aryl methyl sites for hydroxylation is 1. The molecule has 8 heteroatoms. The minimum Gasteiger partial charge on any atom is -0.491 e. The van der Waals surface area contributed by atoms with E-state index in [-0.39, 0.29) is 47.8 Å². The van der Waals surface area contributed by atoms with Crippen molar-refractivity contribution >= 4 is 11.7 Å². The number of ketones is 1. The average Bonchev–Trinajstić information content (AvgIpc) is 3.34. The molecule has 0 bridgehead atoms. The Hall–Kier alpha value is -2.97. The maximum Gasteiger partial charge on any atom is 0.275 e. The van der Waals surface area contributed by atoms with Crippen LogP contribution in [-0.2, 0) is 13.0 Å². The first kappa shape index (κ1) is 23.2. The lowest BCUT2D eigenvalue weighted by atomic mass is 10.0. The molecule has 0 radical (unpaired) electrons. The van der Waals surface area contributed by atoms with E-state index in [1.54, 1.807) is 9.47 Å². The molecule has 3 aliphatic rings. The lowest BCUT2D eigenvalue weighted by Crippen LogP contribution is -2.51. The van der Waals surface area contributed by atoms with Crippen LogP contribution in [0, 0.1) is 0 Å². The molecule has 33 heavy (non-hydrogen) atoms. The number of aromatic nitrogens is 1. The topological polar surface area (TPSA) is 92.1 Å². The standard InChI is InChI=1S/C23H25N3O5.C2H6/c1-31-21-19-22(29)25-14-23(30)10-5-11-26(23)18(25)13-24(19)12-16(20(21)28)17(27)9-8-15-6-3-2-4-7-15;1-2/h2-4,6-7,12,18,30H,5,8-11,13-14H2,1H3;1-2H3/t18-,23+;/m0./s1. The largest absolute Gasteiger partial charge is 0.491 e. The number of benzene rings is 1. The van der Waals surface area contributed by atoms with Crippen molar-refractivity contribution in [3.05, 3.63) is 63.6 Å². The molecule has 176 valence electrons. The molecule has 2 fully saturated rings. The first-order valence-corrected chi connectivity index (χ1v) is 11.6. The van der Waals surface area contributed by atoms with Crippen LogP contribution in [0.2, 0.25) is 0 Å². The van der Waals surface area contributed by atoms with Crippen molar-refractivity contribution in [2.75, 3.05) is 20.2 Å². The van der Waals surface area contributed by atoms with E-state index < -0.39 is 11.2 Å². The summed E-state index contributed by atoms with van der Waals surface area (Å²) in [6.07, 6.45) is 3.40. The van der Waals surface area contributed by atoms with Gasteiger partial charge >= 0.3 is 0 Å². The molecule has 2 aromatic rings. The number of fused-ring (bicyclic) bond motifs is 4. The van der Waals surface area contributed by atoms with E-state index in [2.05, 4.69) is 0 Å². The summed E-state index contributed by atoms with van der Waals surface area (Å²) in [4.78, 5) is 42.8. The van der Waals surface area contributed by atoms with Gasteiger partial charge in [-0.15, -0.1) is 0 Å². The highest BCUT2D eigenvalue weighted by atomic mass is 16.5. The fraction of sp³-hybridized carbons (Fsp3) is 0.480. The van der Waals surface area contributed by atoms with Crippen molar-refractivity contribution in [1.82, 2.24) is 14.4 Å². The molecule has 1 N–H and O–H groups in total. The second kappa shape index (κ2) is 9.11. The summed E-state index contributed by atoms with van der Waals surface area (Å²) in [7, 11) is 1.34. The smallest absolute Gasteiger partial charge is 0.275 e. The molecule has 1 aromatic carbocycles. The van der Waals surface area contributed by atoms with Crippen LogP contribution in [0.15, 0.2) is 41.3 Å².